The summed E-state index contributed by atoms with van der Waals surface area (Å²) in [5, 5.41) is 13.9. The summed E-state index contributed by atoms with van der Waals surface area (Å²) in [5.41, 5.74) is 4.20. The first-order chi connectivity index (χ1) is 16.9. The van der Waals surface area contributed by atoms with Gasteiger partial charge in [-0.1, -0.05) is 25.1 Å². The van der Waals surface area contributed by atoms with Gasteiger partial charge in [0.15, 0.2) is 0 Å². The van der Waals surface area contributed by atoms with Gasteiger partial charge in [0.25, 0.3) is 17.5 Å². The van der Waals surface area contributed by atoms with E-state index in [0.717, 1.165) is 30.8 Å². The van der Waals surface area contributed by atoms with Crippen molar-refractivity contribution >= 4 is 28.9 Å². The Kier molecular flexibility index (Phi) is 7.10. The van der Waals surface area contributed by atoms with E-state index in [1.54, 1.807) is 19.1 Å². The van der Waals surface area contributed by atoms with Gasteiger partial charge >= 0.3 is 0 Å². The maximum atomic E-state index is 12.8. The summed E-state index contributed by atoms with van der Waals surface area (Å²) in [7, 11) is 0. The molecule has 0 saturated carbocycles. The molecule has 1 N–H and O–H groups in total. The molecule has 1 fully saturated rings. The van der Waals surface area contributed by atoms with Gasteiger partial charge in [0.05, 0.1) is 4.92 Å². The molecule has 1 heterocycles. The lowest BCUT2D eigenvalue weighted by Gasteiger charge is -2.36. The molecule has 0 spiro atoms. The topological polar surface area (TPSA) is 95.8 Å². The molecule has 1 aliphatic heterocycles. The SMILES string of the molecule is CCc1ccc(C(=O)N2CCN(c3ccc(NC(=O)c4ccc(C)c([N+](=O)[O-])c4)cc3)CC2)cc1. The Morgan fingerprint density at radius 2 is 1.54 bits per heavy atom. The van der Waals surface area contributed by atoms with E-state index in [0.29, 0.717) is 24.3 Å². The highest BCUT2D eigenvalue weighted by atomic mass is 16.6. The minimum atomic E-state index is -0.490. The summed E-state index contributed by atoms with van der Waals surface area (Å²) in [6, 6.07) is 19.7. The van der Waals surface area contributed by atoms with Crippen molar-refractivity contribution in [2.45, 2.75) is 20.3 Å². The van der Waals surface area contributed by atoms with Gasteiger partial charge in [0, 0.05) is 60.3 Å². The van der Waals surface area contributed by atoms with Gasteiger partial charge < -0.3 is 15.1 Å². The second-order valence-corrected chi connectivity index (χ2v) is 8.59. The number of hydrogen-bond donors (Lipinski definition) is 1. The van der Waals surface area contributed by atoms with Crippen LogP contribution in [0.4, 0.5) is 17.1 Å². The molecule has 0 aromatic heterocycles. The van der Waals surface area contributed by atoms with Crippen LogP contribution in [0.1, 0.15) is 38.8 Å². The van der Waals surface area contributed by atoms with Crippen LogP contribution in [0, 0.1) is 17.0 Å². The van der Waals surface area contributed by atoms with Crippen molar-refractivity contribution in [1.82, 2.24) is 4.90 Å². The third-order valence-corrected chi connectivity index (χ3v) is 6.33. The quantitative estimate of drug-likeness (QED) is 0.415. The number of benzene rings is 3. The van der Waals surface area contributed by atoms with Gasteiger partial charge in [-0.15, -0.1) is 0 Å². The minimum Gasteiger partial charge on any atom is -0.368 e. The summed E-state index contributed by atoms with van der Waals surface area (Å²) < 4.78 is 0. The van der Waals surface area contributed by atoms with Gasteiger partial charge in [-0.2, -0.15) is 0 Å². The molecule has 0 unspecified atom stereocenters. The van der Waals surface area contributed by atoms with Crippen LogP contribution in [-0.4, -0.2) is 47.8 Å². The van der Waals surface area contributed by atoms with Crippen LogP contribution in [0.5, 0.6) is 0 Å². The minimum absolute atomic E-state index is 0.0571. The van der Waals surface area contributed by atoms with Crippen molar-refractivity contribution in [3.63, 3.8) is 0 Å². The summed E-state index contributed by atoms with van der Waals surface area (Å²) in [5.74, 6) is -0.346. The smallest absolute Gasteiger partial charge is 0.273 e. The molecule has 4 rings (SSSR count). The molecular formula is C27H28N4O4. The number of nitro benzene ring substituents is 1. The van der Waals surface area contributed by atoms with Gasteiger partial charge in [-0.25, -0.2) is 0 Å². The van der Waals surface area contributed by atoms with Crippen LogP contribution >= 0.6 is 0 Å². The van der Waals surface area contributed by atoms with Crippen LogP contribution in [0.25, 0.3) is 0 Å². The zero-order valence-electron chi connectivity index (χ0n) is 19.9. The predicted octanol–water partition coefficient (Wildman–Crippen LogP) is 4.68. The zero-order chi connectivity index (χ0) is 24.9. The van der Waals surface area contributed by atoms with E-state index in [-0.39, 0.29) is 17.2 Å². The Bertz CT molecular complexity index is 1230. The highest BCUT2D eigenvalue weighted by Gasteiger charge is 2.22. The largest absolute Gasteiger partial charge is 0.368 e. The average molecular weight is 473 g/mol. The lowest BCUT2D eigenvalue weighted by molar-refractivity contribution is -0.385. The second-order valence-electron chi connectivity index (χ2n) is 8.59. The maximum absolute atomic E-state index is 12.8. The molecule has 180 valence electrons. The van der Waals surface area contributed by atoms with Crippen molar-refractivity contribution in [3.05, 3.63) is 99.1 Å². The van der Waals surface area contributed by atoms with Gasteiger partial charge in [0.2, 0.25) is 0 Å². The fourth-order valence-electron chi connectivity index (χ4n) is 4.14. The standard InChI is InChI=1S/C27H28N4O4/c1-3-20-5-8-21(9-6-20)27(33)30-16-14-29(15-17-30)24-12-10-23(11-13-24)28-26(32)22-7-4-19(2)25(18-22)31(34)35/h4-13,18H,3,14-17H2,1-2H3,(H,28,32). The number of carbonyl (C=O) groups excluding carboxylic acids is 2. The van der Waals surface area contributed by atoms with Crippen LogP contribution in [0.2, 0.25) is 0 Å². The average Bonchev–Trinajstić information content (AvgIpc) is 2.89. The fourth-order valence-corrected chi connectivity index (χ4v) is 4.14. The predicted molar refractivity (Wildman–Crippen MR) is 136 cm³/mol. The Labute approximate surface area is 204 Å². The highest BCUT2D eigenvalue weighted by Crippen LogP contribution is 2.23. The van der Waals surface area contributed by atoms with E-state index in [1.165, 1.54) is 11.6 Å². The van der Waals surface area contributed by atoms with Gasteiger partial charge in [-0.3, -0.25) is 19.7 Å². The van der Waals surface area contributed by atoms with Crippen LogP contribution < -0.4 is 10.2 Å². The number of carbonyl (C=O) groups is 2. The number of nitrogens with zero attached hydrogens (tertiary/aromatic N) is 3. The van der Waals surface area contributed by atoms with Crippen molar-refractivity contribution < 1.29 is 14.5 Å². The van der Waals surface area contributed by atoms with Crippen molar-refractivity contribution in [2.75, 3.05) is 36.4 Å². The summed E-state index contributed by atoms with van der Waals surface area (Å²) in [6.07, 6.45) is 0.949. The lowest BCUT2D eigenvalue weighted by atomic mass is 10.1. The number of nitro groups is 1. The molecule has 1 saturated heterocycles. The number of piperazine rings is 1. The first-order valence-corrected chi connectivity index (χ1v) is 11.7. The molecule has 1 aliphatic rings. The summed E-state index contributed by atoms with van der Waals surface area (Å²) in [6.45, 7) is 6.44. The first-order valence-electron chi connectivity index (χ1n) is 11.7. The molecule has 2 amide bonds. The fraction of sp³-hybridized carbons (Fsp3) is 0.259. The van der Waals surface area contributed by atoms with Crippen molar-refractivity contribution in [2.24, 2.45) is 0 Å². The van der Waals surface area contributed by atoms with E-state index in [4.69, 9.17) is 0 Å². The Hall–Kier alpha value is -4.20. The molecule has 0 radical (unpaired) electrons. The van der Waals surface area contributed by atoms with E-state index in [1.807, 2.05) is 53.4 Å². The molecular weight excluding hydrogens is 444 g/mol. The molecule has 3 aromatic carbocycles. The van der Waals surface area contributed by atoms with Crippen LogP contribution in [-0.2, 0) is 6.42 Å². The van der Waals surface area contributed by atoms with E-state index < -0.39 is 10.8 Å². The Morgan fingerprint density at radius 3 is 2.14 bits per heavy atom. The molecule has 0 aliphatic carbocycles. The third-order valence-electron chi connectivity index (χ3n) is 6.33. The van der Waals surface area contributed by atoms with Crippen molar-refractivity contribution in [3.8, 4) is 0 Å². The molecule has 0 atom stereocenters. The maximum Gasteiger partial charge on any atom is 0.273 e. The van der Waals surface area contributed by atoms with Crippen LogP contribution in [0.15, 0.2) is 66.7 Å². The van der Waals surface area contributed by atoms with E-state index in [9.17, 15) is 19.7 Å². The lowest BCUT2D eigenvalue weighted by Crippen LogP contribution is -2.48. The summed E-state index contributed by atoms with van der Waals surface area (Å²) in [4.78, 5) is 40.1. The van der Waals surface area contributed by atoms with Gasteiger partial charge in [-0.05, 0) is 61.4 Å². The first kappa shape index (κ1) is 23.9. The third kappa shape index (κ3) is 5.48. The number of anilines is 2. The number of aryl methyl sites for hydroxylation is 2. The number of amides is 2. The molecule has 8 nitrogen and oxygen atoms in total. The molecule has 8 heteroatoms. The second kappa shape index (κ2) is 10.4. The Balaban J connectivity index is 1.34. The van der Waals surface area contributed by atoms with E-state index >= 15 is 0 Å². The highest BCUT2D eigenvalue weighted by molar-refractivity contribution is 6.04. The monoisotopic (exact) mass is 472 g/mol. The summed E-state index contributed by atoms with van der Waals surface area (Å²) >= 11 is 0. The number of rotatable bonds is 6. The number of nitrogens with one attached hydrogen (secondary N) is 1. The normalized spacial score (nSPS) is 13.4. The molecule has 0 bridgehead atoms. The Morgan fingerprint density at radius 1 is 0.914 bits per heavy atom. The zero-order valence-corrected chi connectivity index (χ0v) is 19.9. The van der Waals surface area contributed by atoms with E-state index in [2.05, 4.69) is 17.1 Å². The van der Waals surface area contributed by atoms with Crippen LogP contribution in [0.3, 0.4) is 0 Å². The number of hydrogen-bond acceptors (Lipinski definition) is 5. The van der Waals surface area contributed by atoms with Crippen molar-refractivity contribution in [1.29, 1.82) is 0 Å². The van der Waals surface area contributed by atoms with Gasteiger partial charge in [0.1, 0.15) is 0 Å². The molecule has 3 aromatic rings. The molecule has 35 heavy (non-hydrogen) atoms.